The Morgan fingerprint density at radius 2 is 2.29 bits per heavy atom. The van der Waals surface area contributed by atoms with Crippen molar-refractivity contribution in [3.05, 3.63) is 28.6 Å². The summed E-state index contributed by atoms with van der Waals surface area (Å²) in [5.41, 5.74) is 9.14. The van der Waals surface area contributed by atoms with Gasteiger partial charge in [0, 0.05) is 17.7 Å². The highest BCUT2D eigenvalue weighted by Gasteiger charge is 2.07. The number of azide groups is 1. The summed E-state index contributed by atoms with van der Waals surface area (Å²) in [6.45, 7) is -0.0606. The Morgan fingerprint density at radius 3 is 2.88 bits per heavy atom. The summed E-state index contributed by atoms with van der Waals surface area (Å²) < 4.78 is 9.76. The van der Waals surface area contributed by atoms with Gasteiger partial charge < -0.3 is 14.8 Å². The van der Waals surface area contributed by atoms with E-state index in [4.69, 9.17) is 15.0 Å². The molecule has 0 fully saturated rings. The maximum atomic E-state index is 11.4. The Bertz CT molecular complexity index is 455. The number of hydrogen-bond acceptors (Lipinski definition) is 4. The lowest BCUT2D eigenvalue weighted by molar-refractivity contribution is -0.119. The van der Waals surface area contributed by atoms with E-state index in [0.717, 1.165) is 0 Å². The van der Waals surface area contributed by atoms with Crippen LogP contribution in [0.1, 0.15) is 0 Å². The fraction of sp³-hybridized carbons (Fsp3) is 0.300. The largest absolute Gasteiger partial charge is 0.495 e. The number of rotatable bonds is 5. The first kappa shape index (κ1) is 12.8. The summed E-state index contributed by atoms with van der Waals surface area (Å²) in [6, 6.07) is 4.71. The Kier molecular flexibility index (Phi) is 4.80. The molecular formula is C10H12N4O3. The van der Waals surface area contributed by atoms with E-state index < -0.39 is 0 Å². The van der Waals surface area contributed by atoms with Crippen molar-refractivity contribution in [2.45, 2.75) is 0 Å². The van der Waals surface area contributed by atoms with E-state index in [1.807, 2.05) is 0 Å². The van der Waals surface area contributed by atoms with Gasteiger partial charge in [0.05, 0.1) is 12.8 Å². The van der Waals surface area contributed by atoms with E-state index in [2.05, 4.69) is 15.3 Å². The normalized spacial score (nSPS) is 9.29. The van der Waals surface area contributed by atoms with Crippen molar-refractivity contribution in [1.29, 1.82) is 0 Å². The van der Waals surface area contributed by atoms with E-state index in [0.29, 0.717) is 17.1 Å². The second-order valence-electron chi connectivity index (χ2n) is 3.06. The second kappa shape index (κ2) is 6.37. The number of amides is 1. The smallest absolute Gasteiger partial charge is 0.250 e. The molecule has 0 heterocycles. The molecule has 7 nitrogen and oxygen atoms in total. The third-order valence-corrected chi connectivity index (χ3v) is 1.89. The number of carbonyl (C=O) groups excluding carboxylic acids is 1. The van der Waals surface area contributed by atoms with Gasteiger partial charge in [-0.05, 0) is 23.7 Å². The number of nitrogens with one attached hydrogen (secondary N) is 1. The van der Waals surface area contributed by atoms with E-state index in [9.17, 15) is 4.79 Å². The van der Waals surface area contributed by atoms with Gasteiger partial charge >= 0.3 is 0 Å². The molecule has 1 aromatic carbocycles. The minimum absolute atomic E-state index is 0.0606. The summed E-state index contributed by atoms with van der Waals surface area (Å²) in [7, 11) is 2.90. The van der Waals surface area contributed by atoms with Crippen molar-refractivity contribution < 1.29 is 14.3 Å². The third kappa shape index (κ3) is 3.67. The summed E-state index contributed by atoms with van der Waals surface area (Å²) in [6.07, 6.45) is 0. The molecule has 1 N–H and O–H groups in total. The minimum atomic E-state index is -0.316. The standard InChI is InChI=1S/C10H12N4O3/c1-16-6-10(15)12-8-5-7(13-14-11)3-4-9(8)17-2/h3-5H,6H2,1-2H3,(H,12,15). The maximum absolute atomic E-state index is 11.4. The summed E-state index contributed by atoms with van der Waals surface area (Å²) in [5.74, 6) is 0.162. The summed E-state index contributed by atoms with van der Waals surface area (Å²) in [4.78, 5) is 14.0. The van der Waals surface area contributed by atoms with Crippen LogP contribution in [-0.4, -0.2) is 26.7 Å². The summed E-state index contributed by atoms with van der Waals surface area (Å²) >= 11 is 0. The molecule has 0 spiro atoms. The molecule has 0 aliphatic heterocycles. The van der Waals surface area contributed by atoms with E-state index in [1.165, 1.54) is 20.3 Å². The van der Waals surface area contributed by atoms with Crippen LogP contribution in [0.25, 0.3) is 10.4 Å². The van der Waals surface area contributed by atoms with Crippen LogP contribution in [0.4, 0.5) is 11.4 Å². The van der Waals surface area contributed by atoms with Crippen LogP contribution in [0, 0.1) is 0 Å². The fourth-order valence-corrected chi connectivity index (χ4v) is 1.22. The van der Waals surface area contributed by atoms with Gasteiger partial charge in [0.2, 0.25) is 5.91 Å². The van der Waals surface area contributed by atoms with Gasteiger partial charge in [0.1, 0.15) is 12.4 Å². The first-order valence-electron chi connectivity index (χ1n) is 4.73. The number of hydrogen-bond donors (Lipinski definition) is 1. The second-order valence-corrected chi connectivity index (χ2v) is 3.06. The van der Waals surface area contributed by atoms with Crippen LogP contribution in [0.3, 0.4) is 0 Å². The number of methoxy groups -OCH3 is 2. The molecule has 0 aromatic heterocycles. The van der Waals surface area contributed by atoms with Gasteiger partial charge in [-0.3, -0.25) is 4.79 Å². The highest BCUT2D eigenvalue weighted by Crippen LogP contribution is 2.29. The van der Waals surface area contributed by atoms with Crippen LogP contribution < -0.4 is 10.1 Å². The quantitative estimate of drug-likeness (QED) is 0.482. The van der Waals surface area contributed by atoms with Gasteiger partial charge in [-0.25, -0.2) is 0 Å². The van der Waals surface area contributed by atoms with Crippen molar-refractivity contribution >= 4 is 17.3 Å². The number of carbonyl (C=O) groups is 1. The van der Waals surface area contributed by atoms with Crippen LogP contribution >= 0.6 is 0 Å². The van der Waals surface area contributed by atoms with Crippen molar-refractivity contribution in [2.24, 2.45) is 5.11 Å². The molecule has 1 rings (SSSR count). The zero-order valence-electron chi connectivity index (χ0n) is 9.51. The Balaban J connectivity index is 2.97. The van der Waals surface area contributed by atoms with E-state index in [-0.39, 0.29) is 12.5 Å². The molecule has 7 heteroatoms. The highest BCUT2D eigenvalue weighted by molar-refractivity contribution is 5.93. The van der Waals surface area contributed by atoms with Gasteiger partial charge in [-0.2, -0.15) is 0 Å². The molecular weight excluding hydrogens is 224 g/mol. The number of ether oxygens (including phenoxy) is 2. The molecule has 0 bridgehead atoms. The molecule has 90 valence electrons. The molecule has 0 radical (unpaired) electrons. The van der Waals surface area contributed by atoms with Crippen molar-refractivity contribution in [1.82, 2.24) is 0 Å². The molecule has 1 aromatic rings. The molecule has 17 heavy (non-hydrogen) atoms. The first-order chi connectivity index (χ1) is 8.21. The number of benzene rings is 1. The average molecular weight is 236 g/mol. The molecule has 0 atom stereocenters. The molecule has 0 saturated heterocycles. The van der Waals surface area contributed by atoms with Crippen LogP contribution in [0.2, 0.25) is 0 Å². The number of nitrogens with zero attached hydrogens (tertiary/aromatic N) is 3. The zero-order valence-corrected chi connectivity index (χ0v) is 9.51. The van der Waals surface area contributed by atoms with Gasteiger partial charge in [-0.1, -0.05) is 5.11 Å². The molecule has 0 aliphatic rings. The first-order valence-corrected chi connectivity index (χ1v) is 4.73. The van der Waals surface area contributed by atoms with Gasteiger partial charge in [-0.15, -0.1) is 0 Å². The van der Waals surface area contributed by atoms with Crippen LogP contribution in [0.5, 0.6) is 5.75 Å². The van der Waals surface area contributed by atoms with Gasteiger partial charge in [0.15, 0.2) is 0 Å². The maximum Gasteiger partial charge on any atom is 0.250 e. The van der Waals surface area contributed by atoms with Crippen LogP contribution in [-0.2, 0) is 9.53 Å². The highest BCUT2D eigenvalue weighted by atomic mass is 16.5. The SMILES string of the molecule is COCC(=O)Nc1cc(N=[N+]=[N-])ccc1OC. The lowest BCUT2D eigenvalue weighted by atomic mass is 10.2. The minimum Gasteiger partial charge on any atom is -0.495 e. The monoisotopic (exact) mass is 236 g/mol. The van der Waals surface area contributed by atoms with E-state index >= 15 is 0 Å². The van der Waals surface area contributed by atoms with Crippen LogP contribution in [0.15, 0.2) is 23.3 Å². The Labute approximate surface area is 98.0 Å². The van der Waals surface area contributed by atoms with Crippen molar-refractivity contribution in [2.75, 3.05) is 26.1 Å². The third-order valence-electron chi connectivity index (χ3n) is 1.89. The van der Waals surface area contributed by atoms with Crippen molar-refractivity contribution in [3.63, 3.8) is 0 Å². The lowest BCUT2D eigenvalue weighted by Crippen LogP contribution is -2.17. The van der Waals surface area contributed by atoms with E-state index in [1.54, 1.807) is 12.1 Å². The molecule has 0 aliphatic carbocycles. The number of anilines is 1. The molecule has 1 amide bonds. The van der Waals surface area contributed by atoms with Gasteiger partial charge in [0.25, 0.3) is 0 Å². The predicted molar refractivity (Wildman–Crippen MR) is 62.3 cm³/mol. The Morgan fingerprint density at radius 1 is 1.53 bits per heavy atom. The Hall–Kier alpha value is -2.24. The lowest BCUT2D eigenvalue weighted by Gasteiger charge is -2.10. The molecule has 0 unspecified atom stereocenters. The zero-order chi connectivity index (χ0) is 12.7. The molecule has 0 saturated carbocycles. The topological polar surface area (TPSA) is 96.3 Å². The van der Waals surface area contributed by atoms with Crippen molar-refractivity contribution in [3.8, 4) is 5.75 Å². The average Bonchev–Trinajstić information content (AvgIpc) is 2.30. The summed E-state index contributed by atoms with van der Waals surface area (Å²) in [5, 5.41) is 6.03. The fourth-order valence-electron chi connectivity index (χ4n) is 1.22. The predicted octanol–water partition coefficient (Wildman–Crippen LogP) is 2.22.